The predicted octanol–water partition coefficient (Wildman–Crippen LogP) is 0.949. The lowest BCUT2D eigenvalue weighted by molar-refractivity contribution is 0.0457. The van der Waals surface area contributed by atoms with Gasteiger partial charge < -0.3 is 5.11 Å². The number of aliphatic hydroxyl groups excluding tert-OH is 1. The van der Waals surface area contributed by atoms with Gasteiger partial charge in [0.15, 0.2) is 0 Å². The minimum Gasteiger partial charge on any atom is -0.393 e. The SMILES string of the molecule is OC1CCN(Br)CC1CF. The van der Waals surface area contributed by atoms with Crippen molar-refractivity contribution in [2.75, 3.05) is 19.8 Å². The molecule has 10 heavy (non-hydrogen) atoms. The van der Waals surface area contributed by atoms with Gasteiger partial charge in [0.05, 0.1) is 12.8 Å². The Balaban J connectivity index is 2.38. The van der Waals surface area contributed by atoms with Crippen molar-refractivity contribution in [3.8, 4) is 0 Å². The Morgan fingerprint density at radius 1 is 1.70 bits per heavy atom. The number of rotatable bonds is 1. The Bertz CT molecular complexity index is 114. The highest BCUT2D eigenvalue weighted by Gasteiger charge is 2.26. The highest BCUT2D eigenvalue weighted by molar-refractivity contribution is 9.07. The lowest BCUT2D eigenvalue weighted by Gasteiger charge is -2.30. The van der Waals surface area contributed by atoms with E-state index in [2.05, 4.69) is 16.1 Å². The molecular formula is C6H11BrFNO. The van der Waals surface area contributed by atoms with Crippen molar-refractivity contribution in [2.24, 2.45) is 5.92 Å². The van der Waals surface area contributed by atoms with Crippen LogP contribution in [-0.2, 0) is 0 Å². The van der Waals surface area contributed by atoms with Crippen molar-refractivity contribution in [1.29, 1.82) is 0 Å². The standard InChI is InChI=1S/C6H11BrFNO/c7-9-2-1-6(10)5(3-8)4-9/h5-6,10H,1-4H2. The van der Waals surface area contributed by atoms with Gasteiger partial charge >= 0.3 is 0 Å². The highest BCUT2D eigenvalue weighted by atomic mass is 79.9. The lowest BCUT2D eigenvalue weighted by atomic mass is 9.98. The third kappa shape index (κ3) is 1.90. The molecule has 1 aliphatic rings. The van der Waals surface area contributed by atoms with Gasteiger partial charge in [-0.15, -0.1) is 0 Å². The fraction of sp³-hybridized carbons (Fsp3) is 1.00. The second-order valence-corrected chi connectivity index (χ2v) is 3.64. The van der Waals surface area contributed by atoms with E-state index in [1.54, 1.807) is 0 Å². The van der Waals surface area contributed by atoms with E-state index in [1.807, 2.05) is 3.93 Å². The van der Waals surface area contributed by atoms with Crippen LogP contribution in [0.5, 0.6) is 0 Å². The summed E-state index contributed by atoms with van der Waals surface area (Å²) in [5, 5.41) is 9.20. The Labute approximate surface area is 68.4 Å². The first-order valence-corrected chi connectivity index (χ1v) is 4.09. The number of hydrogen-bond donors (Lipinski definition) is 1. The van der Waals surface area contributed by atoms with Crippen LogP contribution in [0.1, 0.15) is 6.42 Å². The first kappa shape index (κ1) is 8.43. The quantitative estimate of drug-likeness (QED) is 0.654. The van der Waals surface area contributed by atoms with Gasteiger partial charge in [0.25, 0.3) is 0 Å². The van der Waals surface area contributed by atoms with Crippen LogP contribution in [0.15, 0.2) is 0 Å². The van der Waals surface area contributed by atoms with Crippen LogP contribution in [-0.4, -0.2) is 34.9 Å². The third-order valence-electron chi connectivity index (χ3n) is 1.84. The molecular weight excluding hydrogens is 201 g/mol. The average Bonchev–Trinajstić information content (AvgIpc) is 1.94. The van der Waals surface area contributed by atoms with E-state index >= 15 is 0 Å². The summed E-state index contributed by atoms with van der Waals surface area (Å²) in [4.78, 5) is 0. The Morgan fingerprint density at radius 3 is 2.90 bits per heavy atom. The molecule has 60 valence electrons. The molecule has 1 heterocycles. The van der Waals surface area contributed by atoms with Crippen molar-refractivity contribution in [1.82, 2.24) is 3.93 Å². The largest absolute Gasteiger partial charge is 0.393 e. The van der Waals surface area contributed by atoms with Crippen molar-refractivity contribution >= 4 is 16.1 Å². The summed E-state index contributed by atoms with van der Waals surface area (Å²) in [6, 6.07) is 0. The van der Waals surface area contributed by atoms with Gasteiger partial charge in [-0.1, -0.05) is 0 Å². The number of halogens is 2. The second kappa shape index (κ2) is 3.64. The van der Waals surface area contributed by atoms with Crippen molar-refractivity contribution in [2.45, 2.75) is 12.5 Å². The maximum absolute atomic E-state index is 12.1. The molecule has 2 atom stereocenters. The predicted molar refractivity (Wildman–Crippen MR) is 40.6 cm³/mol. The van der Waals surface area contributed by atoms with Crippen LogP contribution in [0.3, 0.4) is 0 Å². The van der Waals surface area contributed by atoms with Crippen molar-refractivity contribution in [3.63, 3.8) is 0 Å². The summed E-state index contributed by atoms with van der Waals surface area (Å²) < 4.78 is 14.0. The van der Waals surface area contributed by atoms with Gasteiger partial charge in [-0.3, -0.25) is 4.39 Å². The van der Waals surface area contributed by atoms with Gasteiger partial charge in [-0.05, 0) is 6.42 Å². The topological polar surface area (TPSA) is 23.5 Å². The second-order valence-electron chi connectivity index (χ2n) is 2.64. The molecule has 1 fully saturated rings. The molecule has 1 aliphatic heterocycles. The molecule has 0 aromatic rings. The minimum absolute atomic E-state index is 0.201. The van der Waals surface area contributed by atoms with Gasteiger partial charge in [-0.2, -0.15) is 0 Å². The van der Waals surface area contributed by atoms with E-state index in [9.17, 15) is 9.50 Å². The number of alkyl halides is 1. The van der Waals surface area contributed by atoms with Gasteiger partial charge in [0.1, 0.15) is 0 Å². The zero-order valence-corrected chi connectivity index (χ0v) is 7.22. The first-order valence-electron chi connectivity index (χ1n) is 3.39. The molecule has 0 spiro atoms. The molecule has 1 rings (SSSR count). The first-order chi connectivity index (χ1) is 4.74. The maximum atomic E-state index is 12.1. The van der Waals surface area contributed by atoms with E-state index in [0.717, 1.165) is 6.54 Å². The van der Waals surface area contributed by atoms with Crippen LogP contribution >= 0.6 is 16.1 Å². The Kier molecular flexibility index (Phi) is 3.07. The zero-order valence-electron chi connectivity index (χ0n) is 5.63. The van der Waals surface area contributed by atoms with Crippen molar-refractivity contribution in [3.05, 3.63) is 0 Å². The maximum Gasteiger partial charge on any atom is 0.0959 e. The molecule has 0 bridgehead atoms. The van der Waals surface area contributed by atoms with Crippen LogP contribution < -0.4 is 0 Å². The molecule has 0 aromatic heterocycles. The number of nitrogens with zero attached hydrogens (tertiary/aromatic N) is 1. The third-order valence-corrected chi connectivity index (χ3v) is 2.49. The summed E-state index contributed by atoms with van der Waals surface area (Å²) in [6.07, 6.45) is 0.221. The summed E-state index contributed by atoms with van der Waals surface area (Å²) >= 11 is 3.25. The molecule has 0 radical (unpaired) electrons. The Hall–Kier alpha value is 0.330. The van der Waals surface area contributed by atoms with Crippen LogP contribution in [0.25, 0.3) is 0 Å². The molecule has 1 saturated heterocycles. The molecule has 2 nitrogen and oxygen atoms in total. The fourth-order valence-corrected chi connectivity index (χ4v) is 1.70. The molecule has 0 saturated carbocycles. The summed E-state index contributed by atoms with van der Waals surface area (Å²) in [7, 11) is 0. The molecule has 0 aromatic carbocycles. The Morgan fingerprint density at radius 2 is 2.40 bits per heavy atom. The van der Waals surface area contributed by atoms with Crippen LogP contribution in [0, 0.1) is 5.92 Å². The lowest BCUT2D eigenvalue weighted by Crippen LogP contribution is -2.39. The molecule has 0 amide bonds. The summed E-state index contributed by atoms with van der Waals surface area (Å²) in [5.74, 6) is -0.201. The monoisotopic (exact) mass is 211 g/mol. The number of hydrogen-bond acceptors (Lipinski definition) is 2. The van der Waals surface area contributed by atoms with Gasteiger partial charge in [0.2, 0.25) is 0 Å². The van der Waals surface area contributed by atoms with Gasteiger partial charge in [0, 0.05) is 35.2 Å². The summed E-state index contributed by atoms with van der Waals surface area (Å²) in [6.45, 7) is 0.985. The van der Waals surface area contributed by atoms with E-state index in [0.29, 0.717) is 13.0 Å². The van der Waals surface area contributed by atoms with E-state index in [-0.39, 0.29) is 5.92 Å². The zero-order chi connectivity index (χ0) is 7.56. The smallest absolute Gasteiger partial charge is 0.0959 e. The number of piperidine rings is 1. The highest BCUT2D eigenvalue weighted by Crippen LogP contribution is 2.19. The van der Waals surface area contributed by atoms with Crippen molar-refractivity contribution < 1.29 is 9.50 Å². The molecule has 2 unspecified atom stereocenters. The molecule has 1 N–H and O–H groups in total. The number of aliphatic hydroxyl groups is 1. The summed E-state index contributed by atoms with van der Waals surface area (Å²) in [5.41, 5.74) is 0. The average molecular weight is 212 g/mol. The molecule has 4 heteroatoms. The van der Waals surface area contributed by atoms with Crippen LogP contribution in [0.4, 0.5) is 4.39 Å². The van der Waals surface area contributed by atoms with E-state index in [4.69, 9.17) is 0 Å². The van der Waals surface area contributed by atoms with E-state index in [1.165, 1.54) is 0 Å². The minimum atomic E-state index is -0.446. The normalized spacial score (nSPS) is 36.3. The van der Waals surface area contributed by atoms with Gasteiger partial charge in [-0.25, -0.2) is 3.93 Å². The van der Waals surface area contributed by atoms with E-state index < -0.39 is 12.8 Å². The fourth-order valence-electron chi connectivity index (χ4n) is 1.13. The van der Waals surface area contributed by atoms with Crippen LogP contribution in [0.2, 0.25) is 0 Å². The molecule has 0 aliphatic carbocycles.